The van der Waals surface area contributed by atoms with Crippen LogP contribution in [-0.4, -0.2) is 75.1 Å². The van der Waals surface area contributed by atoms with E-state index in [2.05, 4.69) is 30.5 Å². The average Bonchev–Trinajstić information content (AvgIpc) is 2.57. The topological polar surface area (TPSA) is 24.9 Å². The quantitative estimate of drug-likeness (QED) is 0.567. The number of alkyl halides is 3. The summed E-state index contributed by atoms with van der Waals surface area (Å²) in [5.74, 6) is 0.862. The van der Waals surface area contributed by atoms with Crippen molar-refractivity contribution in [2.75, 3.05) is 59.1 Å². The van der Waals surface area contributed by atoms with Gasteiger partial charge in [-0.25, -0.2) is 0 Å². The van der Waals surface area contributed by atoms with Gasteiger partial charge in [0.1, 0.15) is 19.0 Å². The predicted octanol–water partition coefficient (Wildman–Crippen LogP) is 3.41. The molecule has 0 radical (unpaired) electrons. The minimum absolute atomic E-state index is 0.154. The Balaban J connectivity index is 1.50. The van der Waals surface area contributed by atoms with Crippen molar-refractivity contribution in [3.8, 4) is 5.75 Å². The summed E-state index contributed by atoms with van der Waals surface area (Å²) in [6, 6.07) is 7.77. The molecule has 1 heterocycles. The summed E-state index contributed by atoms with van der Waals surface area (Å²) in [7, 11) is 0. The standard InChI is InChI=1S/C17H24BrF3N2O2/c18-15-2-4-16(5-3-15)25-13-11-23-9-7-22(8-10-23)6-1-12-24-14-17(19,20)21/h2-5H,1,6-14H2. The lowest BCUT2D eigenvalue weighted by atomic mass is 10.3. The predicted molar refractivity (Wildman–Crippen MR) is 94.0 cm³/mol. The average molecular weight is 425 g/mol. The van der Waals surface area contributed by atoms with Crippen molar-refractivity contribution in [3.05, 3.63) is 28.7 Å². The SMILES string of the molecule is FC(F)(F)COCCCN1CCN(CCOc2ccc(Br)cc2)CC1. The lowest BCUT2D eigenvalue weighted by Crippen LogP contribution is -2.47. The van der Waals surface area contributed by atoms with Crippen LogP contribution in [0.25, 0.3) is 0 Å². The number of ether oxygens (including phenoxy) is 2. The normalized spacial score (nSPS) is 17.0. The van der Waals surface area contributed by atoms with Gasteiger partial charge in [0.15, 0.2) is 0 Å². The Morgan fingerprint density at radius 2 is 1.52 bits per heavy atom. The fraction of sp³-hybridized carbons (Fsp3) is 0.647. The molecule has 1 aliphatic rings. The molecular weight excluding hydrogens is 401 g/mol. The second-order valence-corrected chi connectivity index (χ2v) is 6.92. The Hall–Kier alpha value is -0.830. The van der Waals surface area contributed by atoms with E-state index in [1.54, 1.807) is 0 Å². The molecule has 8 heteroatoms. The van der Waals surface area contributed by atoms with Gasteiger partial charge in [-0.1, -0.05) is 15.9 Å². The van der Waals surface area contributed by atoms with Crippen molar-refractivity contribution in [3.63, 3.8) is 0 Å². The van der Waals surface area contributed by atoms with Gasteiger partial charge >= 0.3 is 6.18 Å². The van der Waals surface area contributed by atoms with Crippen LogP contribution in [-0.2, 0) is 4.74 Å². The highest BCUT2D eigenvalue weighted by molar-refractivity contribution is 9.10. The third kappa shape index (κ3) is 8.89. The number of benzene rings is 1. The molecule has 2 rings (SSSR count). The molecule has 0 aliphatic carbocycles. The maximum Gasteiger partial charge on any atom is 0.411 e. The monoisotopic (exact) mass is 424 g/mol. The molecule has 1 fully saturated rings. The van der Waals surface area contributed by atoms with E-state index in [1.807, 2.05) is 24.3 Å². The van der Waals surface area contributed by atoms with Gasteiger partial charge in [-0.05, 0) is 30.7 Å². The van der Waals surface area contributed by atoms with Crippen LogP contribution in [0.1, 0.15) is 6.42 Å². The van der Waals surface area contributed by atoms with Crippen molar-refractivity contribution in [2.45, 2.75) is 12.6 Å². The van der Waals surface area contributed by atoms with E-state index in [4.69, 9.17) is 4.74 Å². The van der Waals surface area contributed by atoms with Gasteiger partial charge in [-0.3, -0.25) is 4.90 Å². The van der Waals surface area contributed by atoms with Crippen LogP contribution in [0.4, 0.5) is 13.2 Å². The van der Waals surface area contributed by atoms with E-state index in [0.29, 0.717) is 13.0 Å². The Morgan fingerprint density at radius 3 is 2.12 bits per heavy atom. The Morgan fingerprint density at radius 1 is 0.920 bits per heavy atom. The second kappa shape index (κ2) is 10.4. The second-order valence-electron chi connectivity index (χ2n) is 6.01. The highest BCUT2D eigenvalue weighted by Gasteiger charge is 2.27. The number of rotatable bonds is 9. The molecule has 0 aromatic heterocycles. The minimum atomic E-state index is -4.23. The number of nitrogens with zero attached hydrogens (tertiary/aromatic N) is 2. The highest BCUT2D eigenvalue weighted by atomic mass is 79.9. The van der Waals surface area contributed by atoms with Crippen LogP contribution in [0.15, 0.2) is 28.7 Å². The molecule has 1 aliphatic heterocycles. The molecule has 1 aromatic carbocycles. The fourth-order valence-electron chi connectivity index (χ4n) is 2.64. The highest BCUT2D eigenvalue weighted by Crippen LogP contribution is 2.16. The van der Waals surface area contributed by atoms with Gasteiger partial charge in [0.25, 0.3) is 0 Å². The number of hydrogen-bond donors (Lipinski definition) is 0. The van der Waals surface area contributed by atoms with Gasteiger partial charge in [0, 0.05) is 50.3 Å². The summed E-state index contributed by atoms with van der Waals surface area (Å²) in [4.78, 5) is 4.61. The van der Waals surface area contributed by atoms with Crippen LogP contribution in [0.2, 0.25) is 0 Å². The largest absolute Gasteiger partial charge is 0.492 e. The molecule has 0 amide bonds. The van der Waals surface area contributed by atoms with Gasteiger partial charge in [0.2, 0.25) is 0 Å². The lowest BCUT2D eigenvalue weighted by molar-refractivity contribution is -0.174. The van der Waals surface area contributed by atoms with Crippen molar-refractivity contribution < 1.29 is 22.6 Å². The van der Waals surface area contributed by atoms with Crippen LogP contribution >= 0.6 is 15.9 Å². The summed E-state index contributed by atoms with van der Waals surface area (Å²) in [6.45, 7) is 5.06. The van der Waals surface area contributed by atoms with Crippen molar-refractivity contribution in [2.24, 2.45) is 0 Å². The van der Waals surface area contributed by atoms with Crippen LogP contribution < -0.4 is 4.74 Å². The molecular formula is C17H24BrF3N2O2. The third-order valence-electron chi connectivity index (χ3n) is 3.98. The zero-order valence-corrected chi connectivity index (χ0v) is 15.7. The zero-order chi connectivity index (χ0) is 18.1. The van der Waals surface area contributed by atoms with E-state index in [0.717, 1.165) is 49.5 Å². The first kappa shape index (κ1) is 20.5. The Bertz CT molecular complexity index is 492. The molecule has 0 N–H and O–H groups in total. The first-order chi connectivity index (χ1) is 11.9. The molecule has 0 unspecified atom stereocenters. The summed E-state index contributed by atoms with van der Waals surface area (Å²) < 4.78 is 47.2. The number of halogens is 4. The van der Waals surface area contributed by atoms with Gasteiger partial charge in [0.05, 0.1) is 0 Å². The lowest BCUT2D eigenvalue weighted by Gasteiger charge is -2.34. The van der Waals surface area contributed by atoms with Gasteiger partial charge in [-0.15, -0.1) is 0 Å². The minimum Gasteiger partial charge on any atom is -0.492 e. The zero-order valence-electron chi connectivity index (χ0n) is 14.1. The molecule has 0 bridgehead atoms. The Kier molecular flexibility index (Phi) is 8.48. The number of hydrogen-bond acceptors (Lipinski definition) is 4. The fourth-order valence-corrected chi connectivity index (χ4v) is 2.90. The summed E-state index contributed by atoms with van der Waals surface area (Å²) in [6.07, 6.45) is -3.60. The van der Waals surface area contributed by atoms with E-state index < -0.39 is 12.8 Å². The summed E-state index contributed by atoms with van der Waals surface area (Å²) in [5.41, 5.74) is 0. The first-order valence-corrected chi connectivity index (χ1v) is 9.19. The van der Waals surface area contributed by atoms with Crippen LogP contribution in [0.3, 0.4) is 0 Å². The van der Waals surface area contributed by atoms with Crippen LogP contribution in [0, 0.1) is 0 Å². The van der Waals surface area contributed by atoms with Crippen molar-refractivity contribution >= 4 is 15.9 Å². The first-order valence-electron chi connectivity index (χ1n) is 8.40. The smallest absolute Gasteiger partial charge is 0.411 e. The molecule has 0 atom stereocenters. The maximum atomic E-state index is 12.0. The van der Waals surface area contributed by atoms with E-state index in [1.165, 1.54) is 0 Å². The molecule has 25 heavy (non-hydrogen) atoms. The van der Waals surface area contributed by atoms with E-state index in [9.17, 15) is 13.2 Å². The van der Waals surface area contributed by atoms with E-state index in [-0.39, 0.29) is 6.61 Å². The van der Waals surface area contributed by atoms with Gasteiger partial charge in [-0.2, -0.15) is 13.2 Å². The summed E-state index contributed by atoms with van der Waals surface area (Å²) in [5, 5.41) is 0. The molecule has 142 valence electrons. The molecule has 0 saturated carbocycles. The molecule has 1 saturated heterocycles. The Labute approximate surface area is 155 Å². The molecule has 4 nitrogen and oxygen atoms in total. The van der Waals surface area contributed by atoms with Crippen LogP contribution in [0.5, 0.6) is 5.75 Å². The van der Waals surface area contributed by atoms with E-state index >= 15 is 0 Å². The maximum absolute atomic E-state index is 12.0. The summed E-state index contributed by atoms with van der Waals surface area (Å²) >= 11 is 3.39. The molecule has 0 spiro atoms. The molecule has 1 aromatic rings. The number of piperazine rings is 1. The van der Waals surface area contributed by atoms with Gasteiger partial charge < -0.3 is 14.4 Å². The van der Waals surface area contributed by atoms with Crippen molar-refractivity contribution in [1.82, 2.24) is 9.80 Å². The van der Waals surface area contributed by atoms with Crippen molar-refractivity contribution in [1.29, 1.82) is 0 Å². The third-order valence-corrected chi connectivity index (χ3v) is 4.51.